The van der Waals surface area contributed by atoms with Crippen LogP contribution >= 0.6 is 0 Å². The number of hydrogen-bond donors (Lipinski definition) is 4. The third-order valence-corrected chi connectivity index (χ3v) is 3.64. The number of hydrogen-bond acceptors (Lipinski definition) is 7. The molecule has 0 aliphatic heterocycles. The summed E-state index contributed by atoms with van der Waals surface area (Å²) in [5.74, 6) is 1.94. The normalized spacial score (nSPS) is 8.55. The summed E-state index contributed by atoms with van der Waals surface area (Å²) < 4.78 is 0. The van der Waals surface area contributed by atoms with Crippen LogP contribution in [-0.2, 0) is 29.6 Å². The summed E-state index contributed by atoms with van der Waals surface area (Å²) in [6.07, 6.45) is 1.63. The fourth-order valence-corrected chi connectivity index (χ4v) is 2.52. The second-order valence-corrected chi connectivity index (χ2v) is 5.70. The molecule has 0 aliphatic carbocycles. The van der Waals surface area contributed by atoms with Gasteiger partial charge in [-0.25, -0.2) is 9.97 Å². The van der Waals surface area contributed by atoms with Gasteiger partial charge in [0.05, 0.1) is 27.2 Å². The second-order valence-electron chi connectivity index (χ2n) is 5.70. The molecule has 4 rings (SSSR count). The average Bonchev–Trinajstić information content (AvgIpc) is 3.25. The van der Waals surface area contributed by atoms with E-state index in [-0.39, 0.29) is 45.6 Å². The largest absolute Gasteiger partial charge is 2.00 e. The van der Waals surface area contributed by atoms with Gasteiger partial charge >= 0.3 is 16.8 Å². The molecule has 33 heavy (non-hydrogen) atoms. The van der Waals surface area contributed by atoms with Gasteiger partial charge in [0.25, 0.3) is 0 Å². The van der Waals surface area contributed by atoms with Gasteiger partial charge in [-0.15, -0.1) is 0 Å². The van der Waals surface area contributed by atoms with E-state index in [1.807, 2.05) is 48.5 Å². The molecule has 4 aromatic rings. The fraction of sp³-hybridized carbons (Fsp3) is 0.222. The second kappa shape index (κ2) is 19.8. The molecule has 13 nitrogen and oxygen atoms in total. The van der Waals surface area contributed by atoms with E-state index in [1.54, 1.807) is 0 Å². The quantitative estimate of drug-likeness (QED) is 0.151. The summed E-state index contributed by atoms with van der Waals surface area (Å²) in [4.78, 5) is 23.4. The zero-order valence-corrected chi connectivity index (χ0v) is 19.2. The molecule has 15 heteroatoms. The molecule has 0 fully saturated rings. The number of imidazole rings is 2. The summed E-state index contributed by atoms with van der Waals surface area (Å²) in [5.41, 5.74) is 15.0. The standard InChI is InChI=1S/2C9H11N3.ClH.Co.NO3.3H2O/c2*10-6-5-9-11-7-3-1-2-4-8(7)12-9;;;2-1(3)4;;;/h2*1-4H,5-6,10H2,(H,11,12);1H;;;3*1H2/q;;;+2;-1;;;/p-1. The van der Waals surface area contributed by atoms with E-state index in [0.717, 1.165) is 46.6 Å². The van der Waals surface area contributed by atoms with Crippen molar-refractivity contribution in [3.05, 3.63) is 75.5 Å². The number of fused-ring (bicyclic) bond motifs is 2. The number of aromatic nitrogens is 4. The molecule has 2 heterocycles. The van der Waals surface area contributed by atoms with E-state index in [0.29, 0.717) is 13.1 Å². The number of halogens is 1. The molecule has 12 N–H and O–H groups in total. The molecule has 1 radical (unpaired) electrons. The van der Waals surface area contributed by atoms with Crippen molar-refractivity contribution in [1.82, 2.24) is 19.9 Å². The molecule has 0 bridgehead atoms. The Hall–Kier alpha value is -2.82. The minimum Gasteiger partial charge on any atom is -1.00 e. The zero-order chi connectivity index (χ0) is 20.4. The summed E-state index contributed by atoms with van der Waals surface area (Å²) in [6, 6.07) is 16.0. The number of rotatable bonds is 4. The van der Waals surface area contributed by atoms with Crippen molar-refractivity contribution in [1.29, 1.82) is 0 Å². The number of benzene rings is 2. The molecule has 2 aromatic carbocycles. The molecule has 187 valence electrons. The average molecular weight is 533 g/mol. The van der Waals surface area contributed by atoms with Crippen LogP contribution in [0.1, 0.15) is 11.6 Å². The maximum Gasteiger partial charge on any atom is 2.00 e. The Morgan fingerprint density at radius 1 is 0.758 bits per heavy atom. The van der Waals surface area contributed by atoms with Crippen molar-refractivity contribution < 1.29 is 50.7 Å². The first kappa shape index (κ1) is 37.5. The monoisotopic (exact) mass is 532 g/mol. The molecule has 0 saturated carbocycles. The van der Waals surface area contributed by atoms with Gasteiger partial charge in [-0.05, 0) is 37.4 Å². The Labute approximate surface area is 205 Å². The number of nitrogens with one attached hydrogen (secondary N) is 2. The predicted molar refractivity (Wildman–Crippen MR) is 119 cm³/mol. The van der Waals surface area contributed by atoms with Crippen LogP contribution in [0.2, 0.25) is 0 Å². The van der Waals surface area contributed by atoms with Crippen LogP contribution in [0, 0.1) is 15.3 Å². The first-order valence-electron chi connectivity index (χ1n) is 8.62. The van der Waals surface area contributed by atoms with Crippen LogP contribution < -0.4 is 23.9 Å². The van der Waals surface area contributed by atoms with Gasteiger partial charge in [0.2, 0.25) is 0 Å². The molecule has 0 aliphatic rings. The van der Waals surface area contributed by atoms with E-state index in [4.69, 9.17) is 26.8 Å². The Kier molecular flexibility index (Phi) is 22.5. The van der Waals surface area contributed by atoms with Crippen LogP contribution in [0.15, 0.2) is 48.5 Å². The maximum atomic E-state index is 8.25. The smallest absolute Gasteiger partial charge is 1.00 e. The van der Waals surface area contributed by atoms with Crippen LogP contribution in [0.5, 0.6) is 0 Å². The first-order chi connectivity index (χ1) is 13.5. The minimum absolute atomic E-state index is 0. The van der Waals surface area contributed by atoms with E-state index in [1.165, 1.54) is 0 Å². The van der Waals surface area contributed by atoms with E-state index < -0.39 is 5.09 Å². The van der Waals surface area contributed by atoms with Gasteiger partial charge in [-0.1, -0.05) is 24.3 Å². The van der Waals surface area contributed by atoms with Gasteiger partial charge in [0.15, 0.2) is 0 Å². The molecule has 0 saturated heterocycles. The molecular formula is C18H28ClCoN7O6. The molecule has 2 aromatic heterocycles. The number of H-pyrrole nitrogens is 2. The number of nitrogens with two attached hydrogens (primary N) is 2. The van der Waals surface area contributed by atoms with Gasteiger partial charge in [-0.2, -0.15) is 0 Å². The minimum atomic E-state index is -1.75. The van der Waals surface area contributed by atoms with Gasteiger partial charge in [-0.3, -0.25) is 0 Å². The summed E-state index contributed by atoms with van der Waals surface area (Å²) >= 11 is 0. The van der Waals surface area contributed by atoms with Crippen LogP contribution in [-0.4, -0.2) is 54.5 Å². The fourth-order valence-electron chi connectivity index (χ4n) is 2.52. The van der Waals surface area contributed by atoms with E-state index >= 15 is 0 Å². The molecule has 0 atom stereocenters. The van der Waals surface area contributed by atoms with Crippen molar-refractivity contribution in [2.45, 2.75) is 12.8 Å². The predicted octanol–water partition coefficient (Wildman–Crippen LogP) is -3.58. The van der Waals surface area contributed by atoms with E-state index in [2.05, 4.69) is 19.9 Å². The summed E-state index contributed by atoms with van der Waals surface area (Å²) in [5, 5.41) is 14.8. The molecular weight excluding hydrogens is 505 g/mol. The Morgan fingerprint density at radius 2 is 1.06 bits per heavy atom. The van der Waals surface area contributed by atoms with Gasteiger partial charge < -0.3 is 65.6 Å². The zero-order valence-electron chi connectivity index (χ0n) is 17.4. The molecule has 0 amide bonds. The number of para-hydroxylation sites is 4. The third-order valence-electron chi connectivity index (χ3n) is 3.64. The SMILES string of the molecule is NCCc1nc2ccccc2[nH]1.NCCc1nc2ccccc2[nH]1.O.O.O.O=[N+]([O-])[O-].[Cl-].[Co+2]. The van der Waals surface area contributed by atoms with E-state index in [9.17, 15) is 0 Å². The van der Waals surface area contributed by atoms with Crippen molar-refractivity contribution in [2.24, 2.45) is 11.5 Å². The number of nitrogens with zero attached hydrogens (tertiary/aromatic N) is 3. The van der Waals surface area contributed by atoms with Crippen molar-refractivity contribution in [3.63, 3.8) is 0 Å². The van der Waals surface area contributed by atoms with Crippen molar-refractivity contribution in [2.75, 3.05) is 13.1 Å². The topological polar surface area (TPSA) is 270 Å². The third kappa shape index (κ3) is 12.7. The van der Waals surface area contributed by atoms with Crippen LogP contribution in [0.3, 0.4) is 0 Å². The van der Waals surface area contributed by atoms with Crippen molar-refractivity contribution in [3.8, 4) is 0 Å². The van der Waals surface area contributed by atoms with Crippen LogP contribution in [0.25, 0.3) is 22.1 Å². The summed E-state index contributed by atoms with van der Waals surface area (Å²) in [7, 11) is 0. The first-order valence-corrected chi connectivity index (χ1v) is 8.62. The van der Waals surface area contributed by atoms with Crippen LogP contribution in [0.4, 0.5) is 0 Å². The maximum absolute atomic E-state index is 8.25. The Bertz CT molecular complexity index is 888. The van der Waals surface area contributed by atoms with Gasteiger partial charge in [0.1, 0.15) is 11.6 Å². The van der Waals surface area contributed by atoms with Crippen molar-refractivity contribution >= 4 is 22.1 Å². The summed E-state index contributed by atoms with van der Waals surface area (Å²) in [6.45, 7) is 1.28. The Balaban J connectivity index is -0.000000195. The molecule has 0 unspecified atom stereocenters. The van der Waals surface area contributed by atoms with Gasteiger partial charge in [0, 0.05) is 12.8 Å². The Morgan fingerprint density at radius 3 is 1.33 bits per heavy atom. The number of aromatic amines is 2. The molecule has 0 spiro atoms.